The van der Waals surface area contributed by atoms with E-state index in [-0.39, 0.29) is 11.3 Å². The van der Waals surface area contributed by atoms with Crippen LogP contribution in [0.2, 0.25) is 0 Å². The van der Waals surface area contributed by atoms with Gasteiger partial charge in [0, 0.05) is 40.2 Å². The molecule has 1 N–H and O–H groups in total. The number of hydrogen-bond acceptors (Lipinski definition) is 12. The van der Waals surface area contributed by atoms with Crippen LogP contribution in [-0.4, -0.2) is 73.0 Å². The minimum Gasteiger partial charge on any atom is -0.463 e. The highest BCUT2D eigenvalue weighted by molar-refractivity contribution is 5.94. The molecule has 0 aliphatic carbocycles. The van der Waals surface area contributed by atoms with Gasteiger partial charge in [0.25, 0.3) is 5.91 Å². The number of esters is 5. The molecular weight excluding hydrogens is 482 g/mol. The van der Waals surface area contributed by atoms with Crippen LogP contribution in [0.3, 0.4) is 0 Å². The van der Waals surface area contributed by atoms with Gasteiger partial charge in [-0.3, -0.25) is 28.8 Å². The Balaban J connectivity index is 2.41. The van der Waals surface area contributed by atoms with E-state index in [2.05, 4.69) is 5.32 Å². The van der Waals surface area contributed by atoms with Crippen molar-refractivity contribution in [1.29, 1.82) is 0 Å². The molecule has 1 aliphatic rings. The van der Waals surface area contributed by atoms with Gasteiger partial charge in [0.05, 0.1) is 0 Å². The summed E-state index contributed by atoms with van der Waals surface area (Å²) in [6.45, 7) is 5.23. The SMILES string of the molecule is CC(=O)OCC1OC(OC(C)=O)C(NC(=O)c2ccc(OC(C)=O)cc2)C(OC(C)=O)C1OC(C)=O. The molecule has 0 radical (unpaired) electrons. The third-order valence-electron chi connectivity index (χ3n) is 4.66. The summed E-state index contributed by atoms with van der Waals surface area (Å²) in [5.74, 6) is -4.06. The lowest BCUT2D eigenvalue weighted by Crippen LogP contribution is -2.67. The number of carbonyl (C=O) groups excluding carboxylic acids is 6. The maximum absolute atomic E-state index is 13.0. The third-order valence-corrected chi connectivity index (χ3v) is 4.66. The number of ether oxygens (including phenoxy) is 6. The van der Waals surface area contributed by atoms with Crippen LogP contribution in [0.4, 0.5) is 0 Å². The zero-order valence-corrected chi connectivity index (χ0v) is 20.3. The lowest BCUT2D eigenvalue weighted by molar-refractivity contribution is -0.270. The highest BCUT2D eigenvalue weighted by atomic mass is 16.7. The fourth-order valence-corrected chi connectivity index (χ4v) is 3.40. The van der Waals surface area contributed by atoms with Gasteiger partial charge in [-0.2, -0.15) is 0 Å². The van der Waals surface area contributed by atoms with E-state index in [9.17, 15) is 28.8 Å². The number of amides is 1. The molecule has 0 bridgehead atoms. The van der Waals surface area contributed by atoms with Gasteiger partial charge < -0.3 is 33.7 Å². The van der Waals surface area contributed by atoms with Crippen molar-refractivity contribution in [3.8, 4) is 5.75 Å². The number of nitrogens with one attached hydrogen (secondary N) is 1. The van der Waals surface area contributed by atoms with E-state index in [1.165, 1.54) is 31.2 Å². The summed E-state index contributed by atoms with van der Waals surface area (Å²) in [6, 6.07) is 4.17. The Morgan fingerprint density at radius 3 is 1.81 bits per heavy atom. The average molecular weight is 509 g/mol. The Morgan fingerprint density at radius 1 is 0.750 bits per heavy atom. The summed E-state index contributed by atoms with van der Waals surface area (Å²) >= 11 is 0. The van der Waals surface area contributed by atoms with Crippen LogP contribution in [0.25, 0.3) is 0 Å². The third kappa shape index (κ3) is 8.34. The van der Waals surface area contributed by atoms with E-state index in [0.29, 0.717) is 0 Å². The highest BCUT2D eigenvalue weighted by Gasteiger charge is 2.52. The molecule has 5 atom stereocenters. The second kappa shape index (κ2) is 12.6. The van der Waals surface area contributed by atoms with Gasteiger partial charge >= 0.3 is 29.8 Å². The lowest BCUT2D eigenvalue weighted by atomic mass is 9.95. The fraction of sp³-hybridized carbons (Fsp3) is 0.478. The van der Waals surface area contributed by atoms with E-state index in [1.54, 1.807) is 0 Å². The van der Waals surface area contributed by atoms with Gasteiger partial charge in [0.2, 0.25) is 6.29 Å². The number of benzene rings is 1. The second-order valence-electron chi connectivity index (χ2n) is 7.72. The van der Waals surface area contributed by atoms with Gasteiger partial charge in [0.15, 0.2) is 12.2 Å². The largest absolute Gasteiger partial charge is 0.463 e. The van der Waals surface area contributed by atoms with Gasteiger partial charge in [0.1, 0.15) is 24.5 Å². The maximum atomic E-state index is 13.0. The zero-order chi connectivity index (χ0) is 27.0. The Bertz CT molecular complexity index is 1000. The van der Waals surface area contributed by atoms with Crippen LogP contribution in [0.1, 0.15) is 45.0 Å². The number of hydrogen-bond donors (Lipinski definition) is 1. The van der Waals surface area contributed by atoms with Crippen LogP contribution in [0.15, 0.2) is 24.3 Å². The molecule has 1 saturated heterocycles. The quantitative estimate of drug-likeness (QED) is 0.292. The maximum Gasteiger partial charge on any atom is 0.308 e. The molecule has 1 aromatic carbocycles. The molecule has 5 unspecified atom stereocenters. The molecular formula is C23H27NO12. The van der Waals surface area contributed by atoms with Crippen molar-refractivity contribution < 1.29 is 57.2 Å². The summed E-state index contributed by atoms with van der Waals surface area (Å²) in [7, 11) is 0. The van der Waals surface area contributed by atoms with Crippen molar-refractivity contribution in [1.82, 2.24) is 5.32 Å². The lowest BCUT2D eigenvalue weighted by Gasteiger charge is -2.44. The summed E-state index contributed by atoms with van der Waals surface area (Å²) in [5, 5.41) is 2.57. The first kappa shape index (κ1) is 28.2. The van der Waals surface area contributed by atoms with E-state index in [1.807, 2.05) is 0 Å². The van der Waals surface area contributed by atoms with Crippen molar-refractivity contribution in [2.24, 2.45) is 0 Å². The van der Waals surface area contributed by atoms with Crippen molar-refractivity contribution in [2.75, 3.05) is 6.61 Å². The Morgan fingerprint density at radius 2 is 1.31 bits per heavy atom. The normalized spacial score (nSPS) is 23.0. The molecule has 2 rings (SSSR count). The zero-order valence-electron chi connectivity index (χ0n) is 20.3. The van der Waals surface area contributed by atoms with Gasteiger partial charge in [-0.25, -0.2) is 0 Å². The molecule has 1 heterocycles. The molecule has 13 nitrogen and oxygen atoms in total. The summed E-state index contributed by atoms with van der Waals surface area (Å²) in [4.78, 5) is 70.9. The molecule has 1 fully saturated rings. The monoisotopic (exact) mass is 509 g/mol. The van der Waals surface area contributed by atoms with Crippen molar-refractivity contribution in [3.05, 3.63) is 29.8 Å². The van der Waals surface area contributed by atoms with Crippen LogP contribution in [0.5, 0.6) is 5.75 Å². The minimum absolute atomic E-state index is 0.111. The van der Waals surface area contributed by atoms with Gasteiger partial charge in [-0.15, -0.1) is 0 Å². The number of rotatable bonds is 8. The standard InChI is InChI=1S/C23H27NO12/c1-11(25)31-10-18-20(33-13(3)27)21(34-14(4)28)19(23(36-18)35-15(5)29)24-22(30)16-6-8-17(9-7-16)32-12(2)26/h6-9,18-21,23H,10H2,1-5H3,(H,24,30). The van der Waals surface area contributed by atoms with Crippen LogP contribution in [0, 0.1) is 0 Å². The molecule has 13 heteroatoms. The van der Waals surface area contributed by atoms with Crippen molar-refractivity contribution >= 4 is 35.8 Å². The van der Waals surface area contributed by atoms with E-state index < -0.39 is 73.0 Å². The van der Waals surface area contributed by atoms with E-state index in [0.717, 1.165) is 27.7 Å². The first-order valence-electron chi connectivity index (χ1n) is 10.8. The van der Waals surface area contributed by atoms with Crippen LogP contribution in [-0.2, 0) is 47.7 Å². The number of carbonyl (C=O) groups is 6. The molecule has 0 saturated carbocycles. The minimum atomic E-state index is -1.51. The Labute approximate surface area is 206 Å². The van der Waals surface area contributed by atoms with Crippen molar-refractivity contribution in [3.63, 3.8) is 0 Å². The topological polar surface area (TPSA) is 170 Å². The molecule has 36 heavy (non-hydrogen) atoms. The molecule has 1 aliphatic heterocycles. The highest BCUT2D eigenvalue weighted by Crippen LogP contribution is 2.28. The average Bonchev–Trinajstić information content (AvgIpc) is 2.75. The van der Waals surface area contributed by atoms with Crippen LogP contribution >= 0.6 is 0 Å². The summed E-state index contributed by atoms with van der Waals surface area (Å²) in [6.07, 6.45) is -5.45. The predicted octanol–water partition coefficient (Wildman–Crippen LogP) is 0.425. The first-order valence-corrected chi connectivity index (χ1v) is 10.8. The van der Waals surface area contributed by atoms with Crippen molar-refractivity contribution in [2.45, 2.75) is 65.3 Å². The Hall–Kier alpha value is -4.00. The van der Waals surface area contributed by atoms with Crippen LogP contribution < -0.4 is 10.1 Å². The van der Waals surface area contributed by atoms with Gasteiger partial charge in [-0.1, -0.05) is 0 Å². The summed E-state index contributed by atoms with van der Waals surface area (Å²) in [5.41, 5.74) is 0.111. The predicted molar refractivity (Wildman–Crippen MR) is 117 cm³/mol. The van der Waals surface area contributed by atoms with E-state index >= 15 is 0 Å². The van der Waals surface area contributed by atoms with Gasteiger partial charge in [-0.05, 0) is 24.3 Å². The molecule has 1 amide bonds. The molecule has 0 spiro atoms. The summed E-state index contributed by atoms with van der Waals surface area (Å²) < 4.78 is 31.5. The molecule has 196 valence electrons. The first-order chi connectivity index (χ1) is 16.9. The molecule has 1 aromatic rings. The second-order valence-corrected chi connectivity index (χ2v) is 7.72. The molecule has 0 aromatic heterocycles. The fourth-order valence-electron chi connectivity index (χ4n) is 3.40. The van der Waals surface area contributed by atoms with E-state index in [4.69, 9.17) is 28.4 Å². The Kier molecular flexibility index (Phi) is 9.91. The smallest absolute Gasteiger partial charge is 0.308 e.